The summed E-state index contributed by atoms with van der Waals surface area (Å²) in [5.74, 6) is 0.400. The zero-order chi connectivity index (χ0) is 13.1. The molecule has 0 radical (unpaired) electrons. The number of rotatable bonds is 4. The van der Waals surface area contributed by atoms with E-state index in [0.717, 1.165) is 18.4 Å². The van der Waals surface area contributed by atoms with Gasteiger partial charge in [0.1, 0.15) is 0 Å². The monoisotopic (exact) mass is 267 g/mol. The number of thioether (sulfide) groups is 1. The minimum absolute atomic E-state index is 0.0719. The van der Waals surface area contributed by atoms with Crippen molar-refractivity contribution in [1.29, 1.82) is 0 Å². The predicted octanol–water partition coefficient (Wildman–Crippen LogP) is 2.99. The molecule has 0 bridgehead atoms. The van der Waals surface area contributed by atoms with Crippen LogP contribution in [0.5, 0.6) is 0 Å². The summed E-state index contributed by atoms with van der Waals surface area (Å²) >= 11 is 1.87. The van der Waals surface area contributed by atoms with Gasteiger partial charge in [-0.2, -0.15) is 11.8 Å². The second-order valence-electron chi connectivity index (χ2n) is 4.65. The molecule has 0 spiro atoms. The fraction of sp³-hybridized carbons (Fsp3) is 0.583. The maximum absolute atomic E-state index is 11.0. The normalized spacial score (nSPS) is 23.0. The van der Waals surface area contributed by atoms with E-state index in [-0.39, 0.29) is 10.6 Å². The zero-order valence-electron chi connectivity index (χ0n) is 10.5. The van der Waals surface area contributed by atoms with Gasteiger partial charge < -0.3 is 5.32 Å². The van der Waals surface area contributed by atoms with Crippen molar-refractivity contribution >= 4 is 23.3 Å². The molecule has 1 aromatic heterocycles. The van der Waals surface area contributed by atoms with Crippen molar-refractivity contribution in [2.75, 3.05) is 11.6 Å². The molecule has 0 aromatic carbocycles. The molecule has 1 aliphatic rings. The SMILES string of the molecule is CSC1CCC(Nc2ncc(C)cc2[N+](=O)[O-])C1. The van der Waals surface area contributed by atoms with Gasteiger partial charge in [0, 0.05) is 23.6 Å². The molecule has 0 saturated heterocycles. The summed E-state index contributed by atoms with van der Waals surface area (Å²) in [4.78, 5) is 14.8. The second-order valence-corrected chi connectivity index (χ2v) is 5.79. The fourth-order valence-corrected chi connectivity index (χ4v) is 3.08. The summed E-state index contributed by atoms with van der Waals surface area (Å²) in [6, 6.07) is 1.87. The van der Waals surface area contributed by atoms with E-state index in [9.17, 15) is 10.1 Å². The van der Waals surface area contributed by atoms with Crippen LogP contribution in [0, 0.1) is 17.0 Å². The van der Waals surface area contributed by atoms with Crippen LogP contribution in [0.2, 0.25) is 0 Å². The van der Waals surface area contributed by atoms with Crippen molar-refractivity contribution < 1.29 is 4.92 Å². The maximum Gasteiger partial charge on any atom is 0.311 e. The number of nitrogens with zero attached hydrogens (tertiary/aromatic N) is 2. The van der Waals surface area contributed by atoms with Gasteiger partial charge in [-0.15, -0.1) is 0 Å². The van der Waals surface area contributed by atoms with Gasteiger partial charge in [0.15, 0.2) is 0 Å². The van der Waals surface area contributed by atoms with Crippen molar-refractivity contribution in [2.45, 2.75) is 37.5 Å². The molecule has 1 N–H and O–H groups in total. The first-order valence-corrected chi connectivity index (χ1v) is 7.29. The Labute approximate surface area is 111 Å². The largest absolute Gasteiger partial charge is 0.362 e. The van der Waals surface area contributed by atoms with Gasteiger partial charge in [0.05, 0.1) is 4.92 Å². The van der Waals surface area contributed by atoms with Gasteiger partial charge in [0.2, 0.25) is 5.82 Å². The molecule has 2 rings (SSSR count). The van der Waals surface area contributed by atoms with E-state index in [1.807, 2.05) is 18.7 Å². The Morgan fingerprint density at radius 2 is 2.33 bits per heavy atom. The molecule has 0 amide bonds. The van der Waals surface area contributed by atoms with Crippen LogP contribution in [0.4, 0.5) is 11.5 Å². The summed E-state index contributed by atoms with van der Waals surface area (Å²) in [5.41, 5.74) is 0.878. The van der Waals surface area contributed by atoms with Crippen LogP contribution in [0.15, 0.2) is 12.3 Å². The van der Waals surface area contributed by atoms with Crippen LogP contribution in [0.1, 0.15) is 24.8 Å². The molecule has 98 valence electrons. The average molecular weight is 267 g/mol. The van der Waals surface area contributed by atoms with Gasteiger partial charge in [-0.25, -0.2) is 4.98 Å². The molecule has 0 aliphatic heterocycles. The molecule has 2 unspecified atom stereocenters. The molecular formula is C12H17N3O2S. The zero-order valence-corrected chi connectivity index (χ0v) is 11.4. The number of hydrogen-bond acceptors (Lipinski definition) is 5. The molecular weight excluding hydrogens is 250 g/mol. The number of nitrogens with one attached hydrogen (secondary N) is 1. The van der Waals surface area contributed by atoms with Gasteiger partial charge in [-0.05, 0) is 38.0 Å². The number of hydrogen-bond donors (Lipinski definition) is 1. The number of pyridine rings is 1. The Kier molecular flexibility index (Phi) is 4.06. The van der Waals surface area contributed by atoms with Gasteiger partial charge in [0.25, 0.3) is 0 Å². The third-order valence-electron chi connectivity index (χ3n) is 3.26. The fourth-order valence-electron chi connectivity index (χ4n) is 2.28. The summed E-state index contributed by atoms with van der Waals surface area (Å²) < 4.78 is 0. The first-order valence-electron chi connectivity index (χ1n) is 6.00. The lowest BCUT2D eigenvalue weighted by atomic mass is 10.2. The highest BCUT2D eigenvalue weighted by Crippen LogP contribution is 2.32. The van der Waals surface area contributed by atoms with Gasteiger partial charge in [-0.3, -0.25) is 10.1 Å². The summed E-state index contributed by atoms with van der Waals surface area (Å²) in [5, 5.41) is 14.9. The molecule has 1 saturated carbocycles. The third kappa shape index (κ3) is 2.93. The highest BCUT2D eigenvalue weighted by Gasteiger charge is 2.26. The van der Waals surface area contributed by atoms with Crippen LogP contribution in [0.3, 0.4) is 0 Å². The molecule has 2 atom stereocenters. The van der Waals surface area contributed by atoms with Crippen molar-refractivity contribution in [3.8, 4) is 0 Å². The quantitative estimate of drug-likeness (QED) is 0.671. The molecule has 1 aliphatic carbocycles. The van der Waals surface area contributed by atoms with Gasteiger partial charge >= 0.3 is 5.69 Å². The van der Waals surface area contributed by atoms with E-state index >= 15 is 0 Å². The lowest BCUT2D eigenvalue weighted by Gasteiger charge is -2.13. The third-order valence-corrected chi connectivity index (χ3v) is 4.35. The number of anilines is 1. The summed E-state index contributed by atoms with van der Waals surface area (Å²) in [7, 11) is 0. The Morgan fingerprint density at radius 3 is 2.94 bits per heavy atom. The van der Waals surface area contributed by atoms with Gasteiger partial charge in [-0.1, -0.05) is 0 Å². The summed E-state index contributed by atoms with van der Waals surface area (Å²) in [6.45, 7) is 1.81. The van der Waals surface area contributed by atoms with E-state index in [1.165, 1.54) is 6.42 Å². The van der Waals surface area contributed by atoms with E-state index < -0.39 is 0 Å². The van der Waals surface area contributed by atoms with E-state index in [0.29, 0.717) is 17.1 Å². The maximum atomic E-state index is 11.0. The Bertz CT molecular complexity index is 453. The first-order chi connectivity index (χ1) is 8.60. The number of aromatic nitrogens is 1. The molecule has 18 heavy (non-hydrogen) atoms. The van der Waals surface area contributed by atoms with E-state index in [2.05, 4.69) is 16.6 Å². The molecule has 1 aromatic rings. The first kappa shape index (κ1) is 13.1. The predicted molar refractivity (Wildman–Crippen MR) is 74.2 cm³/mol. The Hall–Kier alpha value is -1.30. The molecule has 6 heteroatoms. The molecule has 1 heterocycles. The lowest BCUT2D eigenvalue weighted by Crippen LogP contribution is -2.17. The number of aryl methyl sites for hydroxylation is 1. The Morgan fingerprint density at radius 1 is 1.56 bits per heavy atom. The van der Waals surface area contributed by atoms with Crippen molar-refractivity contribution in [1.82, 2.24) is 4.98 Å². The highest BCUT2D eigenvalue weighted by atomic mass is 32.2. The molecule has 5 nitrogen and oxygen atoms in total. The number of nitro groups is 1. The molecule has 1 fully saturated rings. The van der Waals surface area contributed by atoms with Crippen molar-refractivity contribution in [3.63, 3.8) is 0 Å². The smallest absolute Gasteiger partial charge is 0.311 e. The summed E-state index contributed by atoms with van der Waals surface area (Å²) in [6.07, 6.45) is 7.04. The van der Waals surface area contributed by atoms with Crippen LogP contribution in [-0.4, -0.2) is 27.5 Å². The lowest BCUT2D eigenvalue weighted by molar-refractivity contribution is -0.384. The van der Waals surface area contributed by atoms with Crippen molar-refractivity contribution in [2.24, 2.45) is 0 Å². The highest BCUT2D eigenvalue weighted by molar-refractivity contribution is 7.99. The standard InChI is InChI=1S/C12H17N3O2S/c1-8-5-11(15(16)17)12(13-7-8)14-9-3-4-10(6-9)18-2/h5,7,9-10H,3-4,6H2,1-2H3,(H,13,14). The van der Waals surface area contributed by atoms with Crippen LogP contribution in [-0.2, 0) is 0 Å². The van der Waals surface area contributed by atoms with Crippen molar-refractivity contribution in [3.05, 3.63) is 27.9 Å². The van der Waals surface area contributed by atoms with Crippen LogP contribution in [0.25, 0.3) is 0 Å². The average Bonchev–Trinajstić information content (AvgIpc) is 2.79. The Balaban J connectivity index is 2.12. The minimum atomic E-state index is -0.372. The van der Waals surface area contributed by atoms with E-state index in [4.69, 9.17) is 0 Å². The van der Waals surface area contributed by atoms with Crippen LogP contribution < -0.4 is 5.32 Å². The minimum Gasteiger partial charge on any atom is -0.362 e. The topological polar surface area (TPSA) is 68.1 Å². The van der Waals surface area contributed by atoms with E-state index in [1.54, 1.807) is 12.3 Å². The second kappa shape index (κ2) is 5.56. The van der Waals surface area contributed by atoms with Crippen LogP contribution >= 0.6 is 11.8 Å².